The Morgan fingerprint density at radius 3 is 2.78 bits per heavy atom. The maximum absolute atomic E-state index is 11.6. The molecule has 96 valence electrons. The van der Waals surface area contributed by atoms with Crippen LogP contribution in [-0.2, 0) is 7.05 Å². The van der Waals surface area contributed by atoms with Crippen LogP contribution < -0.4 is 16.0 Å². The monoisotopic (exact) mass is 359 g/mol. The molecule has 0 unspecified atom stereocenters. The van der Waals surface area contributed by atoms with E-state index in [-0.39, 0.29) is 5.76 Å². The first kappa shape index (κ1) is 12.0. The molecule has 1 N–H and O–H groups in total. The lowest BCUT2D eigenvalue weighted by Crippen LogP contribution is -2.43. The van der Waals surface area contributed by atoms with Gasteiger partial charge in [0.2, 0.25) is 0 Å². The zero-order valence-corrected chi connectivity index (χ0v) is 12.2. The van der Waals surface area contributed by atoms with Crippen LogP contribution in [0.25, 0.3) is 11.1 Å². The van der Waals surface area contributed by atoms with E-state index in [1.807, 2.05) is 6.07 Å². The van der Waals surface area contributed by atoms with E-state index in [2.05, 4.69) is 38.9 Å². The number of nitrogens with zero attached hydrogens (tertiary/aromatic N) is 2. The van der Waals surface area contributed by atoms with Gasteiger partial charge in [0.15, 0.2) is 5.58 Å². The number of aromatic nitrogens is 1. The molecule has 0 aliphatic carbocycles. The summed E-state index contributed by atoms with van der Waals surface area (Å²) >= 11 is 2.28. The molecule has 3 rings (SSSR count). The third-order valence-corrected chi connectivity index (χ3v) is 3.92. The summed E-state index contributed by atoms with van der Waals surface area (Å²) in [5.74, 6) is -0.302. The second kappa shape index (κ2) is 4.58. The summed E-state index contributed by atoms with van der Waals surface area (Å²) in [7, 11) is 1.74. The fraction of sp³-hybridized carbons (Fsp3) is 0.417. The number of oxazole rings is 1. The number of rotatable bonds is 1. The molecule has 0 radical (unpaired) electrons. The van der Waals surface area contributed by atoms with Crippen LogP contribution >= 0.6 is 22.6 Å². The summed E-state index contributed by atoms with van der Waals surface area (Å²) in [4.78, 5) is 13.9. The Labute approximate surface area is 118 Å². The quantitative estimate of drug-likeness (QED) is 0.777. The minimum absolute atomic E-state index is 0.302. The van der Waals surface area contributed by atoms with Crippen molar-refractivity contribution in [3.05, 3.63) is 26.3 Å². The van der Waals surface area contributed by atoms with Gasteiger partial charge in [-0.05, 0) is 34.7 Å². The van der Waals surface area contributed by atoms with E-state index in [1.165, 1.54) is 0 Å². The molecule has 1 aromatic heterocycles. The van der Waals surface area contributed by atoms with Gasteiger partial charge in [-0.1, -0.05) is 0 Å². The molecule has 0 amide bonds. The number of hydrogen-bond donors (Lipinski definition) is 1. The van der Waals surface area contributed by atoms with Gasteiger partial charge in [0, 0.05) is 36.8 Å². The van der Waals surface area contributed by atoms with Crippen molar-refractivity contribution in [2.24, 2.45) is 7.05 Å². The smallest absolute Gasteiger partial charge is 0.405 e. The number of benzene rings is 1. The highest BCUT2D eigenvalue weighted by atomic mass is 127. The average Bonchev–Trinajstić information content (AvgIpc) is 2.66. The summed E-state index contributed by atoms with van der Waals surface area (Å²) in [6, 6.07) is 4.06. The number of halogens is 1. The largest absolute Gasteiger partial charge is 0.419 e. The van der Waals surface area contributed by atoms with Crippen LogP contribution in [-0.4, -0.2) is 30.7 Å². The van der Waals surface area contributed by atoms with E-state index in [4.69, 9.17) is 4.42 Å². The Kier molecular flexibility index (Phi) is 3.06. The standard InChI is InChI=1S/C12H14IN3O2/c1-15-9-6-8(13)7-10(11(9)18-12(15)17)16-4-2-14-3-5-16/h6-7,14H,2-5H2,1H3. The van der Waals surface area contributed by atoms with Crippen LogP contribution in [0.15, 0.2) is 21.3 Å². The number of nitrogens with one attached hydrogen (secondary N) is 1. The van der Waals surface area contributed by atoms with Gasteiger partial charge in [0.05, 0.1) is 11.2 Å². The van der Waals surface area contributed by atoms with Crippen molar-refractivity contribution in [2.45, 2.75) is 0 Å². The second-order valence-corrected chi connectivity index (χ2v) is 5.68. The molecule has 18 heavy (non-hydrogen) atoms. The van der Waals surface area contributed by atoms with Gasteiger partial charge in [-0.2, -0.15) is 0 Å². The summed E-state index contributed by atoms with van der Waals surface area (Å²) in [5.41, 5.74) is 2.58. The summed E-state index contributed by atoms with van der Waals surface area (Å²) < 4.78 is 8.05. The molecule has 0 spiro atoms. The number of fused-ring (bicyclic) bond motifs is 1. The molecular weight excluding hydrogens is 345 g/mol. The molecule has 0 saturated carbocycles. The molecule has 1 fully saturated rings. The minimum atomic E-state index is -0.302. The molecule has 5 nitrogen and oxygen atoms in total. The van der Waals surface area contributed by atoms with E-state index < -0.39 is 0 Å². The van der Waals surface area contributed by atoms with Gasteiger partial charge in [-0.3, -0.25) is 4.57 Å². The van der Waals surface area contributed by atoms with Crippen LogP contribution in [0.2, 0.25) is 0 Å². The fourth-order valence-electron chi connectivity index (χ4n) is 2.31. The van der Waals surface area contributed by atoms with Crippen molar-refractivity contribution in [3.8, 4) is 0 Å². The molecule has 1 saturated heterocycles. The number of aryl methyl sites for hydroxylation is 1. The molecule has 1 aromatic carbocycles. The molecule has 6 heteroatoms. The predicted molar refractivity (Wildman–Crippen MR) is 79.3 cm³/mol. The van der Waals surface area contributed by atoms with E-state index in [0.29, 0.717) is 5.58 Å². The van der Waals surface area contributed by atoms with Gasteiger partial charge in [-0.25, -0.2) is 4.79 Å². The maximum Gasteiger partial charge on any atom is 0.419 e. The van der Waals surface area contributed by atoms with Crippen molar-refractivity contribution >= 4 is 39.4 Å². The zero-order chi connectivity index (χ0) is 12.7. The lowest BCUT2D eigenvalue weighted by molar-refractivity contribution is 0.524. The number of hydrogen-bond acceptors (Lipinski definition) is 4. The molecule has 1 aliphatic heterocycles. The Balaban J connectivity index is 2.21. The van der Waals surface area contributed by atoms with E-state index in [9.17, 15) is 4.79 Å². The van der Waals surface area contributed by atoms with Gasteiger partial charge in [0.1, 0.15) is 0 Å². The van der Waals surface area contributed by atoms with Crippen LogP contribution in [0.5, 0.6) is 0 Å². The summed E-state index contributed by atoms with van der Waals surface area (Å²) in [6.45, 7) is 3.80. The van der Waals surface area contributed by atoms with E-state index >= 15 is 0 Å². The Morgan fingerprint density at radius 2 is 2.06 bits per heavy atom. The zero-order valence-electron chi connectivity index (χ0n) is 10.1. The van der Waals surface area contributed by atoms with Crippen LogP contribution in [0.4, 0.5) is 5.69 Å². The lowest BCUT2D eigenvalue weighted by Gasteiger charge is -2.29. The molecule has 2 heterocycles. The van der Waals surface area contributed by atoms with Crippen molar-refractivity contribution in [2.75, 3.05) is 31.1 Å². The summed E-state index contributed by atoms with van der Waals surface area (Å²) in [5, 5.41) is 3.32. The number of piperazine rings is 1. The normalized spacial score (nSPS) is 16.4. The van der Waals surface area contributed by atoms with E-state index in [0.717, 1.165) is 41.0 Å². The Bertz CT molecular complexity index is 641. The van der Waals surface area contributed by atoms with Gasteiger partial charge >= 0.3 is 5.76 Å². The Morgan fingerprint density at radius 1 is 1.33 bits per heavy atom. The Hall–Kier alpha value is -1.02. The number of anilines is 1. The molecule has 0 atom stereocenters. The molecule has 2 aromatic rings. The van der Waals surface area contributed by atoms with Crippen LogP contribution in [0.3, 0.4) is 0 Å². The predicted octanol–water partition coefficient (Wildman–Crippen LogP) is 1.15. The van der Waals surface area contributed by atoms with Crippen molar-refractivity contribution in [1.82, 2.24) is 9.88 Å². The maximum atomic E-state index is 11.6. The lowest BCUT2D eigenvalue weighted by atomic mass is 10.2. The first-order valence-electron chi connectivity index (χ1n) is 5.91. The highest BCUT2D eigenvalue weighted by Gasteiger charge is 2.18. The van der Waals surface area contributed by atoms with Crippen LogP contribution in [0.1, 0.15) is 0 Å². The van der Waals surface area contributed by atoms with E-state index in [1.54, 1.807) is 11.6 Å². The van der Waals surface area contributed by atoms with Crippen molar-refractivity contribution < 1.29 is 4.42 Å². The summed E-state index contributed by atoms with van der Waals surface area (Å²) in [6.07, 6.45) is 0. The van der Waals surface area contributed by atoms with Crippen molar-refractivity contribution in [3.63, 3.8) is 0 Å². The first-order valence-corrected chi connectivity index (χ1v) is 6.99. The second-order valence-electron chi connectivity index (χ2n) is 4.44. The van der Waals surface area contributed by atoms with Crippen LogP contribution in [0, 0.1) is 3.57 Å². The third kappa shape index (κ3) is 1.93. The SMILES string of the molecule is Cn1c(=O)oc2c(N3CCNCC3)cc(I)cc21. The average molecular weight is 359 g/mol. The first-order chi connectivity index (χ1) is 8.66. The highest BCUT2D eigenvalue weighted by molar-refractivity contribution is 14.1. The van der Waals surface area contributed by atoms with Gasteiger partial charge in [-0.15, -0.1) is 0 Å². The van der Waals surface area contributed by atoms with Gasteiger partial charge < -0.3 is 14.6 Å². The molecular formula is C12H14IN3O2. The van der Waals surface area contributed by atoms with Crippen molar-refractivity contribution in [1.29, 1.82) is 0 Å². The molecule has 0 bridgehead atoms. The fourth-order valence-corrected chi connectivity index (χ4v) is 2.90. The molecule has 1 aliphatic rings. The minimum Gasteiger partial charge on any atom is -0.405 e. The third-order valence-electron chi connectivity index (χ3n) is 3.30. The van der Waals surface area contributed by atoms with Gasteiger partial charge in [0.25, 0.3) is 0 Å². The topological polar surface area (TPSA) is 50.4 Å². The highest BCUT2D eigenvalue weighted by Crippen LogP contribution is 2.28.